The third kappa shape index (κ3) is 5.69. The van der Waals surface area contributed by atoms with Crippen LogP contribution in [0.15, 0.2) is 209 Å². The average molecular weight is 695 g/mol. The van der Waals surface area contributed by atoms with E-state index in [2.05, 4.69) is 168 Å². The molecular weight excluding hydrogens is 661 g/mol. The molecule has 9 aromatic rings. The van der Waals surface area contributed by atoms with Gasteiger partial charge in [-0.15, -0.1) is 0 Å². The number of benzene rings is 8. The summed E-state index contributed by atoms with van der Waals surface area (Å²) in [5.41, 5.74) is 10.1. The highest BCUT2D eigenvalue weighted by molar-refractivity contribution is 6.26. The molecular formula is C49H34N4O. The van der Waals surface area contributed by atoms with E-state index in [1.54, 1.807) is 0 Å². The molecule has 0 radical (unpaired) electrons. The van der Waals surface area contributed by atoms with Crippen LogP contribution in [0, 0.1) is 0 Å². The Bertz CT molecular complexity index is 2790. The summed E-state index contributed by atoms with van der Waals surface area (Å²) in [7, 11) is 0. The minimum Gasteiger partial charge on any atom is -0.455 e. The van der Waals surface area contributed by atoms with Gasteiger partial charge in [-0.3, -0.25) is 0 Å². The van der Waals surface area contributed by atoms with Crippen molar-refractivity contribution in [1.29, 1.82) is 0 Å². The Hall–Kier alpha value is -7.24. The van der Waals surface area contributed by atoms with Gasteiger partial charge in [-0.25, -0.2) is 9.98 Å². The normalized spacial score (nSPS) is 14.1. The van der Waals surface area contributed by atoms with Crippen molar-refractivity contribution < 1.29 is 4.42 Å². The van der Waals surface area contributed by atoms with Gasteiger partial charge in [-0.1, -0.05) is 140 Å². The third-order valence-electron chi connectivity index (χ3n) is 10.1. The highest BCUT2D eigenvalue weighted by atomic mass is 16.3. The highest BCUT2D eigenvalue weighted by Crippen LogP contribution is 2.40. The Kier molecular flexibility index (Phi) is 7.81. The molecule has 0 aliphatic carbocycles. The van der Waals surface area contributed by atoms with Gasteiger partial charge in [0, 0.05) is 33.4 Å². The molecule has 8 aromatic carbocycles. The molecule has 0 saturated carbocycles. The minimum atomic E-state index is -0.311. The molecule has 256 valence electrons. The first kappa shape index (κ1) is 31.5. The summed E-state index contributed by atoms with van der Waals surface area (Å²) in [6, 6.07) is 67.5. The van der Waals surface area contributed by atoms with E-state index in [-0.39, 0.29) is 6.17 Å². The van der Waals surface area contributed by atoms with Crippen LogP contribution in [0.4, 0.5) is 17.1 Å². The van der Waals surface area contributed by atoms with Crippen molar-refractivity contribution in [3.8, 4) is 11.1 Å². The monoisotopic (exact) mass is 694 g/mol. The predicted molar refractivity (Wildman–Crippen MR) is 223 cm³/mol. The SMILES string of the molecule is c1ccc(C2=NC(c3ccccc3)NC(c3cc4ccccc4c4c3oc3ccc(-c5ccc(N(c6ccccc6)c6ccccc6)cc5)cc34)=N2)cc1. The molecule has 1 aliphatic rings. The van der Waals surface area contributed by atoms with Crippen molar-refractivity contribution >= 4 is 61.4 Å². The van der Waals surface area contributed by atoms with E-state index < -0.39 is 0 Å². The number of hydrogen-bond donors (Lipinski definition) is 1. The van der Waals surface area contributed by atoms with Crippen molar-refractivity contribution in [2.45, 2.75) is 6.17 Å². The zero-order valence-corrected chi connectivity index (χ0v) is 29.3. The lowest BCUT2D eigenvalue weighted by molar-refractivity contribution is 0.660. The van der Waals surface area contributed by atoms with Crippen LogP contribution in [0.5, 0.6) is 0 Å². The molecule has 0 spiro atoms. The summed E-state index contributed by atoms with van der Waals surface area (Å²) in [5, 5.41) is 8.04. The van der Waals surface area contributed by atoms with E-state index >= 15 is 0 Å². The van der Waals surface area contributed by atoms with Gasteiger partial charge < -0.3 is 14.6 Å². The summed E-state index contributed by atoms with van der Waals surface area (Å²) in [5.74, 6) is 1.41. The number of amidine groups is 2. The van der Waals surface area contributed by atoms with Gasteiger partial charge in [0.2, 0.25) is 0 Å². The number of rotatable bonds is 7. The van der Waals surface area contributed by atoms with E-state index in [1.165, 1.54) is 0 Å². The molecule has 1 aliphatic heterocycles. The Morgan fingerprint density at radius 2 is 1.09 bits per heavy atom. The minimum absolute atomic E-state index is 0.311. The van der Waals surface area contributed by atoms with Gasteiger partial charge in [-0.2, -0.15) is 0 Å². The lowest BCUT2D eigenvalue weighted by atomic mass is 9.97. The van der Waals surface area contributed by atoms with Gasteiger partial charge in [0.1, 0.15) is 23.2 Å². The van der Waals surface area contributed by atoms with Crippen LogP contribution in [-0.2, 0) is 0 Å². The number of anilines is 3. The number of nitrogens with zero attached hydrogens (tertiary/aromatic N) is 3. The van der Waals surface area contributed by atoms with Crippen LogP contribution in [0.2, 0.25) is 0 Å². The largest absolute Gasteiger partial charge is 0.455 e. The van der Waals surface area contributed by atoms with Crippen molar-refractivity contribution in [3.63, 3.8) is 0 Å². The number of para-hydroxylation sites is 2. The molecule has 10 rings (SSSR count). The molecule has 54 heavy (non-hydrogen) atoms. The lowest BCUT2D eigenvalue weighted by Crippen LogP contribution is -2.33. The van der Waals surface area contributed by atoms with Gasteiger partial charge in [0.05, 0.1) is 5.56 Å². The second-order valence-electron chi connectivity index (χ2n) is 13.5. The summed E-state index contributed by atoms with van der Waals surface area (Å²) < 4.78 is 6.80. The summed E-state index contributed by atoms with van der Waals surface area (Å²) in [6.45, 7) is 0. The number of furan rings is 1. The molecule has 0 saturated heterocycles. The van der Waals surface area contributed by atoms with Crippen LogP contribution in [0.1, 0.15) is 22.9 Å². The number of nitrogens with one attached hydrogen (secondary N) is 1. The van der Waals surface area contributed by atoms with E-state index in [0.29, 0.717) is 5.84 Å². The van der Waals surface area contributed by atoms with Crippen LogP contribution in [-0.4, -0.2) is 11.7 Å². The molecule has 0 amide bonds. The Morgan fingerprint density at radius 3 is 1.80 bits per heavy atom. The molecule has 5 heteroatoms. The standard InChI is InChI=1S/C49H34N4O/c1-5-15-34(16-6-1)47-50-48(35-17-7-2-8-18-35)52-49(51-47)43-32-37-19-13-14-24-41(37)45-42-31-36(27-30-44(42)54-46(43)45)33-25-28-40(29-26-33)53(38-20-9-3-10-21-38)39-22-11-4-12-23-39/h1-32,47H,(H,50,51,52). The maximum Gasteiger partial charge on any atom is 0.159 e. The topological polar surface area (TPSA) is 53.1 Å². The zero-order valence-electron chi connectivity index (χ0n) is 29.3. The molecule has 1 atom stereocenters. The Morgan fingerprint density at radius 1 is 0.500 bits per heavy atom. The molecule has 1 aromatic heterocycles. The first-order chi connectivity index (χ1) is 26.8. The van der Waals surface area contributed by atoms with Crippen LogP contribution in [0.25, 0.3) is 43.8 Å². The Balaban J connectivity index is 1.10. The second-order valence-corrected chi connectivity index (χ2v) is 13.5. The second kappa shape index (κ2) is 13.4. The van der Waals surface area contributed by atoms with Gasteiger partial charge >= 0.3 is 0 Å². The fourth-order valence-electron chi connectivity index (χ4n) is 7.49. The molecule has 2 heterocycles. The van der Waals surface area contributed by atoms with Gasteiger partial charge in [-0.05, 0) is 82.1 Å². The van der Waals surface area contributed by atoms with E-state index in [4.69, 9.17) is 14.4 Å². The lowest BCUT2D eigenvalue weighted by Gasteiger charge is -2.25. The smallest absolute Gasteiger partial charge is 0.159 e. The number of hydrogen-bond acceptors (Lipinski definition) is 5. The molecule has 5 nitrogen and oxygen atoms in total. The number of fused-ring (bicyclic) bond motifs is 5. The maximum absolute atomic E-state index is 6.80. The third-order valence-corrected chi connectivity index (χ3v) is 10.1. The summed E-state index contributed by atoms with van der Waals surface area (Å²) >= 11 is 0. The van der Waals surface area contributed by atoms with E-state index in [9.17, 15) is 0 Å². The summed E-state index contributed by atoms with van der Waals surface area (Å²) in [6.07, 6.45) is -0.311. The maximum atomic E-state index is 6.80. The molecule has 0 fully saturated rings. The van der Waals surface area contributed by atoms with Gasteiger partial charge in [0.25, 0.3) is 0 Å². The number of aliphatic imine (C=N–C) groups is 2. The molecule has 0 bridgehead atoms. The molecule has 1 unspecified atom stereocenters. The average Bonchev–Trinajstić information content (AvgIpc) is 3.64. The summed E-state index contributed by atoms with van der Waals surface area (Å²) in [4.78, 5) is 12.5. The van der Waals surface area contributed by atoms with Crippen molar-refractivity contribution in [3.05, 3.63) is 211 Å². The van der Waals surface area contributed by atoms with E-state index in [0.717, 1.165) is 83.4 Å². The van der Waals surface area contributed by atoms with Crippen molar-refractivity contribution in [2.24, 2.45) is 9.98 Å². The fraction of sp³-hybridized carbons (Fsp3) is 0.0204. The van der Waals surface area contributed by atoms with Crippen molar-refractivity contribution in [1.82, 2.24) is 5.32 Å². The first-order valence-electron chi connectivity index (χ1n) is 18.2. The predicted octanol–water partition coefficient (Wildman–Crippen LogP) is 12.4. The Labute approximate surface area is 313 Å². The van der Waals surface area contributed by atoms with Crippen molar-refractivity contribution in [2.75, 3.05) is 4.90 Å². The van der Waals surface area contributed by atoms with Crippen LogP contribution >= 0.6 is 0 Å². The van der Waals surface area contributed by atoms with E-state index in [1.807, 2.05) is 36.4 Å². The quantitative estimate of drug-likeness (QED) is 0.181. The van der Waals surface area contributed by atoms with Gasteiger partial charge in [0.15, 0.2) is 5.84 Å². The fourth-order valence-corrected chi connectivity index (χ4v) is 7.49. The molecule has 1 N–H and O–H groups in total. The van der Waals surface area contributed by atoms with Crippen LogP contribution in [0.3, 0.4) is 0 Å². The van der Waals surface area contributed by atoms with Crippen LogP contribution < -0.4 is 10.2 Å². The highest BCUT2D eigenvalue weighted by Gasteiger charge is 2.25. The zero-order chi connectivity index (χ0) is 35.8. The first-order valence-corrected chi connectivity index (χ1v) is 18.2.